The first-order chi connectivity index (χ1) is 7.06. The first-order valence-corrected chi connectivity index (χ1v) is 4.48. The Morgan fingerprint density at radius 1 is 1.27 bits per heavy atom. The molecule has 0 aromatic heterocycles. The second kappa shape index (κ2) is 3.34. The quantitative estimate of drug-likeness (QED) is 0.512. The van der Waals surface area contributed by atoms with Crippen LogP contribution >= 0.6 is 0 Å². The molecular weight excluding hydrogens is 198 g/mol. The monoisotopic (exact) mass is 209 g/mol. The van der Waals surface area contributed by atoms with Gasteiger partial charge in [-0.2, -0.15) is 9.98 Å². The average molecular weight is 209 g/mol. The van der Waals surface area contributed by atoms with Gasteiger partial charge in [0.1, 0.15) is 6.54 Å². The van der Waals surface area contributed by atoms with Gasteiger partial charge in [0.25, 0.3) is 5.91 Å². The van der Waals surface area contributed by atoms with Gasteiger partial charge >= 0.3 is 0 Å². The lowest BCUT2D eigenvalue weighted by atomic mass is 10.6. The van der Waals surface area contributed by atoms with Crippen LogP contribution in [0.1, 0.15) is 0 Å². The molecule has 0 radical (unpaired) electrons. The zero-order valence-corrected chi connectivity index (χ0v) is 8.52. The molecule has 0 atom stereocenters. The van der Waals surface area contributed by atoms with Crippen LogP contribution in [0.2, 0.25) is 0 Å². The summed E-state index contributed by atoms with van der Waals surface area (Å²) in [7, 11) is 3.47. The highest BCUT2D eigenvalue weighted by molar-refractivity contribution is 6.10. The van der Waals surface area contributed by atoms with Crippen LogP contribution in [-0.2, 0) is 9.59 Å². The predicted molar refractivity (Wildman–Crippen MR) is 53.3 cm³/mol. The standard InChI is InChI=1S/C8H11N5O2/c1-12-3-5(14)9-7(12)11-8-10-6(15)4-13(8)2/h3-4H2,1-2H3,(H,9,10,11,14,15). The van der Waals surface area contributed by atoms with Crippen molar-refractivity contribution < 1.29 is 9.59 Å². The third-order valence-corrected chi connectivity index (χ3v) is 2.14. The van der Waals surface area contributed by atoms with Crippen LogP contribution in [0.25, 0.3) is 0 Å². The normalized spacial score (nSPS) is 23.9. The van der Waals surface area contributed by atoms with E-state index in [4.69, 9.17) is 0 Å². The van der Waals surface area contributed by atoms with Crippen molar-refractivity contribution in [2.75, 3.05) is 27.2 Å². The van der Waals surface area contributed by atoms with E-state index in [9.17, 15) is 9.59 Å². The molecule has 0 saturated carbocycles. The summed E-state index contributed by atoms with van der Waals surface area (Å²) in [6, 6.07) is 0. The first kappa shape index (κ1) is 9.63. The fraction of sp³-hybridized carbons (Fsp3) is 0.500. The zero-order valence-electron chi connectivity index (χ0n) is 8.52. The minimum absolute atomic E-state index is 0.108. The molecular formula is C8H11N5O2. The van der Waals surface area contributed by atoms with Gasteiger partial charge in [-0.1, -0.05) is 0 Å². The van der Waals surface area contributed by atoms with Gasteiger partial charge in [-0.25, -0.2) is 0 Å². The average Bonchev–Trinajstić information content (AvgIpc) is 2.58. The van der Waals surface area contributed by atoms with Crippen molar-refractivity contribution in [3.63, 3.8) is 0 Å². The molecule has 2 amide bonds. The Balaban J connectivity index is 2.20. The Morgan fingerprint density at radius 2 is 2.00 bits per heavy atom. The molecule has 0 spiro atoms. The smallest absolute Gasteiger partial charge is 0.268 e. The van der Waals surface area contributed by atoms with Gasteiger partial charge in [0.15, 0.2) is 0 Å². The number of aliphatic imine (C=N–C) groups is 2. The van der Waals surface area contributed by atoms with Crippen LogP contribution in [-0.4, -0.2) is 60.7 Å². The summed E-state index contributed by atoms with van der Waals surface area (Å²) < 4.78 is 0. The van der Waals surface area contributed by atoms with Crippen LogP contribution in [0.5, 0.6) is 0 Å². The molecule has 0 aromatic rings. The van der Waals surface area contributed by atoms with Crippen molar-refractivity contribution in [1.29, 1.82) is 0 Å². The van der Waals surface area contributed by atoms with Crippen LogP contribution in [0.15, 0.2) is 9.98 Å². The first-order valence-electron chi connectivity index (χ1n) is 4.48. The maximum Gasteiger partial charge on any atom is 0.268 e. The lowest BCUT2D eigenvalue weighted by Crippen LogP contribution is -2.31. The Kier molecular flexibility index (Phi) is 2.14. The van der Waals surface area contributed by atoms with Crippen LogP contribution < -0.4 is 5.32 Å². The maximum absolute atomic E-state index is 11.0. The lowest BCUT2D eigenvalue weighted by molar-refractivity contribution is -0.118. The number of nitrogens with one attached hydrogen (secondary N) is 1. The Bertz CT molecular complexity index is 386. The number of carbonyl (C=O) groups is 2. The molecule has 7 nitrogen and oxygen atoms in total. The van der Waals surface area contributed by atoms with Crippen LogP contribution in [0.4, 0.5) is 0 Å². The molecule has 7 heteroatoms. The number of rotatable bonds is 0. The number of hydrogen-bond donors (Lipinski definition) is 1. The second-order valence-corrected chi connectivity index (χ2v) is 3.50. The van der Waals surface area contributed by atoms with E-state index in [0.717, 1.165) is 0 Å². The van der Waals surface area contributed by atoms with Gasteiger partial charge in [-0.05, 0) is 0 Å². The molecule has 1 fully saturated rings. The van der Waals surface area contributed by atoms with Gasteiger partial charge in [-0.15, -0.1) is 0 Å². The summed E-state index contributed by atoms with van der Waals surface area (Å²) in [5.41, 5.74) is 0. The largest absolute Gasteiger partial charge is 0.336 e. The van der Waals surface area contributed by atoms with Crippen molar-refractivity contribution in [2.24, 2.45) is 9.98 Å². The van der Waals surface area contributed by atoms with Gasteiger partial charge in [0, 0.05) is 14.1 Å². The van der Waals surface area contributed by atoms with Crippen molar-refractivity contribution >= 4 is 23.7 Å². The van der Waals surface area contributed by atoms with Gasteiger partial charge in [-0.3, -0.25) is 14.9 Å². The van der Waals surface area contributed by atoms with E-state index in [1.165, 1.54) is 0 Å². The number of nitrogens with zero attached hydrogens (tertiary/aromatic N) is 4. The molecule has 0 unspecified atom stereocenters. The number of likely N-dealkylation sites (N-methyl/N-ethyl adjacent to an activating group) is 2. The zero-order chi connectivity index (χ0) is 11.0. The van der Waals surface area contributed by atoms with E-state index in [1.807, 2.05) is 0 Å². The van der Waals surface area contributed by atoms with Gasteiger partial charge in [0.2, 0.25) is 17.8 Å². The van der Waals surface area contributed by atoms with E-state index in [1.54, 1.807) is 23.9 Å². The van der Waals surface area contributed by atoms with E-state index in [-0.39, 0.29) is 24.9 Å². The molecule has 2 heterocycles. The number of guanidine groups is 2. The molecule has 1 N–H and O–H groups in total. The van der Waals surface area contributed by atoms with Gasteiger partial charge in [0.05, 0.1) is 6.54 Å². The Labute approximate surface area is 86.5 Å². The summed E-state index contributed by atoms with van der Waals surface area (Å²) in [6.45, 7) is 0.521. The van der Waals surface area contributed by atoms with Crippen molar-refractivity contribution in [1.82, 2.24) is 15.1 Å². The summed E-state index contributed by atoms with van der Waals surface area (Å²) in [5, 5.41) is 2.58. The number of hydrogen-bond acceptors (Lipinski definition) is 4. The molecule has 2 rings (SSSR count). The molecule has 15 heavy (non-hydrogen) atoms. The highest BCUT2D eigenvalue weighted by Crippen LogP contribution is 2.03. The fourth-order valence-corrected chi connectivity index (χ4v) is 1.37. The highest BCUT2D eigenvalue weighted by Gasteiger charge is 2.25. The molecule has 80 valence electrons. The minimum atomic E-state index is -0.219. The van der Waals surface area contributed by atoms with Crippen LogP contribution in [0.3, 0.4) is 0 Å². The third-order valence-electron chi connectivity index (χ3n) is 2.14. The Hall–Kier alpha value is -1.92. The predicted octanol–water partition coefficient (Wildman–Crippen LogP) is -1.77. The highest BCUT2D eigenvalue weighted by atomic mass is 16.2. The molecule has 0 aliphatic carbocycles. The summed E-state index contributed by atoms with van der Waals surface area (Å²) in [6.07, 6.45) is 0. The topological polar surface area (TPSA) is 77.4 Å². The maximum atomic E-state index is 11.0. The summed E-state index contributed by atoms with van der Waals surface area (Å²) >= 11 is 0. The molecule has 1 saturated heterocycles. The van der Waals surface area contributed by atoms with E-state index in [0.29, 0.717) is 11.9 Å². The summed E-state index contributed by atoms with van der Waals surface area (Å²) in [5.74, 6) is 0.442. The van der Waals surface area contributed by atoms with Crippen molar-refractivity contribution in [2.45, 2.75) is 0 Å². The molecule has 0 aromatic carbocycles. The van der Waals surface area contributed by atoms with Crippen molar-refractivity contribution in [3.8, 4) is 0 Å². The fourth-order valence-electron chi connectivity index (χ4n) is 1.37. The van der Waals surface area contributed by atoms with Crippen LogP contribution in [0, 0.1) is 0 Å². The minimum Gasteiger partial charge on any atom is -0.336 e. The Morgan fingerprint density at radius 3 is 2.47 bits per heavy atom. The van der Waals surface area contributed by atoms with E-state index >= 15 is 0 Å². The molecule has 0 bridgehead atoms. The third kappa shape index (κ3) is 1.80. The SMILES string of the molecule is CN1CC(=O)N=C1/N=C1\NC(=O)CN1C. The van der Waals surface area contributed by atoms with E-state index in [2.05, 4.69) is 15.3 Å². The van der Waals surface area contributed by atoms with E-state index < -0.39 is 0 Å². The van der Waals surface area contributed by atoms with Crippen molar-refractivity contribution in [3.05, 3.63) is 0 Å². The lowest BCUT2D eigenvalue weighted by Gasteiger charge is -2.11. The number of carbonyl (C=O) groups excluding carboxylic acids is 2. The molecule has 2 aliphatic heterocycles. The van der Waals surface area contributed by atoms with Gasteiger partial charge < -0.3 is 9.80 Å². The molecule has 2 aliphatic rings. The summed E-state index contributed by atoms with van der Waals surface area (Å²) in [4.78, 5) is 33.1. The number of amides is 2. The second-order valence-electron chi connectivity index (χ2n) is 3.50.